The van der Waals surface area contributed by atoms with Crippen molar-refractivity contribution in [3.05, 3.63) is 45.7 Å². The number of benzene rings is 1. The van der Waals surface area contributed by atoms with Gasteiger partial charge < -0.3 is 5.11 Å². The van der Waals surface area contributed by atoms with Gasteiger partial charge in [-0.1, -0.05) is 12.1 Å². The van der Waals surface area contributed by atoms with Gasteiger partial charge in [-0.15, -0.1) is 0 Å². The third-order valence-electron chi connectivity index (χ3n) is 3.41. The second kappa shape index (κ2) is 5.05. The molecule has 0 atom stereocenters. The predicted octanol–water partition coefficient (Wildman–Crippen LogP) is 3.61. The Hall–Kier alpha value is -1.62. The fraction of sp³-hybridized carbons (Fsp3) is 0.333. The first-order chi connectivity index (χ1) is 9.23. The third kappa shape index (κ3) is 2.50. The van der Waals surface area contributed by atoms with Gasteiger partial charge in [0.1, 0.15) is 5.41 Å². The summed E-state index contributed by atoms with van der Waals surface area (Å²) in [5, 5.41) is 13.8. The highest BCUT2D eigenvalue weighted by molar-refractivity contribution is 9.10. The number of carbonyl (C=O) groups is 1. The van der Waals surface area contributed by atoms with E-state index in [2.05, 4.69) is 21.0 Å². The summed E-state index contributed by atoms with van der Waals surface area (Å²) in [4.78, 5) is 11.4. The molecule has 0 amide bonds. The van der Waals surface area contributed by atoms with E-state index in [0.717, 1.165) is 16.8 Å². The Morgan fingerprint density at radius 1 is 1.35 bits per heavy atom. The van der Waals surface area contributed by atoms with Crippen LogP contribution >= 0.6 is 15.9 Å². The largest absolute Gasteiger partial charge is 0.481 e. The minimum Gasteiger partial charge on any atom is -0.481 e. The van der Waals surface area contributed by atoms with Gasteiger partial charge in [0.15, 0.2) is 0 Å². The lowest BCUT2D eigenvalue weighted by Gasteiger charge is -2.16. The number of aliphatic carboxylic acids is 1. The Morgan fingerprint density at radius 3 is 2.60 bits per heavy atom. The van der Waals surface area contributed by atoms with Gasteiger partial charge >= 0.3 is 5.97 Å². The average Bonchev–Trinajstić information content (AvgIpc) is 2.74. The zero-order valence-corrected chi connectivity index (χ0v) is 13.5. The number of rotatable bonds is 3. The molecule has 0 radical (unpaired) electrons. The molecule has 0 fully saturated rings. The van der Waals surface area contributed by atoms with Crippen molar-refractivity contribution in [3.63, 3.8) is 0 Å². The molecule has 5 heteroatoms. The molecule has 1 heterocycles. The summed E-state index contributed by atoms with van der Waals surface area (Å²) in [5.74, 6) is -0.899. The van der Waals surface area contributed by atoms with Crippen molar-refractivity contribution in [1.82, 2.24) is 9.78 Å². The van der Waals surface area contributed by atoms with E-state index in [-0.39, 0.29) is 0 Å². The van der Waals surface area contributed by atoms with Crippen molar-refractivity contribution in [2.75, 3.05) is 0 Å². The Bertz CT molecular complexity index is 675. The molecule has 0 saturated heterocycles. The first kappa shape index (κ1) is 14.8. The minimum absolute atomic E-state index is 0.519. The lowest BCUT2D eigenvalue weighted by molar-refractivity contribution is -0.142. The Labute approximate surface area is 126 Å². The fourth-order valence-electron chi connectivity index (χ4n) is 1.97. The molecule has 106 valence electrons. The molecule has 4 nitrogen and oxygen atoms in total. The monoisotopic (exact) mass is 336 g/mol. The maximum Gasteiger partial charge on any atom is 0.315 e. The smallest absolute Gasteiger partial charge is 0.315 e. The van der Waals surface area contributed by atoms with Gasteiger partial charge in [0, 0.05) is 6.20 Å². The van der Waals surface area contributed by atoms with Gasteiger partial charge in [-0.3, -0.25) is 4.79 Å². The molecular formula is C15H17BrN2O2. The molecular weight excluding hydrogens is 320 g/mol. The van der Waals surface area contributed by atoms with E-state index in [1.54, 1.807) is 18.5 Å². The lowest BCUT2D eigenvalue weighted by Crippen LogP contribution is -2.29. The Kier molecular flexibility index (Phi) is 3.73. The van der Waals surface area contributed by atoms with Crippen molar-refractivity contribution >= 4 is 21.9 Å². The number of carboxylic acids is 1. The normalized spacial score (nSPS) is 11.7. The zero-order chi connectivity index (χ0) is 15.1. The molecule has 0 unspecified atom stereocenters. The van der Waals surface area contributed by atoms with Crippen molar-refractivity contribution in [2.45, 2.75) is 33.1 Å². The van der Waals surface area contributed by atoms with Gasteiger partial charge in [0.2, 0.25) is 0 Å². The quantitative estimate of drug-likeness (QED) is 0.931. The summed E-state index contributed by atoms with van der Waals surface area (Å²) in [5.41, 5.74) is 2.66. The Morgan fingerprint density at radius 2 is 2.00 bits per heavy atom. The van der Waals surface area contributed by atoms with Crippen LogP contribution in [0.25, 0.3) is 5.69 Å². The summed E-state index contributed by atoms with van der Waals surface area (Å²) < 4.78 is 2.43. The average molecular weight is 337 g/mol. The highest BCUT2D eigenvalue weighted by Gasteiger charge is 2.34. The Balaban J connectivity index is 2.57. The van der Waals surface area contributed by atoms with E-state index >= 15 is 0 Å². The van der Waals surface area contributed by atoms with Crippen LogP contribution in [0.1, 0.15) is 30.7 Å². The van der Waals surface area contributed by atoms with Crippen LogP contribution in [-0.2, 0) is 10.2 Å². The van der Waals surface area contributed by atoms with Crippen molar-refractivity contribution in [3.8, 4) is 5.69 Å². The molecule has 0 bridgehead atoms. The maximum atomic E-state index is 11.4. The van der Waals surface area contributed by atoms with Crippen LogP contribution in [0.2, 0.25) is 0 Å². The molecule has 0 aliphatic heterocycles. The van der Waals surface area contributed by atoms with Crippen molar-refractivity contribution < 1.29 is 9.90 Å². The molecule has 20 heavy (non-hydrogen) atoms. The van der Waals surface area contributed by atoms with Crippen molar-refractivity contribution in [2.24, 2.45) is 0 Å². The molecule has 1 N–H and O–H groups in total. The second-order valence-electron chi connectivity index (χ2n) is 5.49. The zero-order valence-electron chi connectivity index (χ0n) is 11.9. The second-order valence-corrected chi connectivity index (χ2v) is 6.34. The number of aryl methyl sites for hydroxylation is 2. The molecule has 2 aromatic rings. The van der Waals surface area contributed by atoms with Gasteiger partial charge in [-0.05, 0) is 60.8 Å². The van der Waals surface area contributed by atoms with E-state index in [4.69, 9.17) is 0 Å². The molecule has 0 spiro atoms. The lowest BCUT2D eigenvalue weighted by atomic mass is 9.90. The fourth-order valence-corrected chi connectivity index (χ4v) is 2.74. The molecule has 0 aliphatic carbocycles. The number of nitrogens with zero attached hydrogens (tertiary/aromatic N) is 2. The van der Waals surface area contributed by atoms with E-state index < -0.39 is 11.4 Å². The van der Waals surface area contributed by atoms with Gasteiger partial charge in [-0.25, -0.2) is 4.68 Å². The SMILES string of the molecule is Cc1ccc(C)c(-n2cc(Br)c(C(C)(C)C(=O)O)n2)c1. The van der Waals surface area contributed by atoms with Crippen LogP contribution in [0.5, 0.6) is 0 Å². The highest BCUT2D eigenvalue weighted by Crippen LogP contribution is 2.30. The van der Waals surface area contributed by atoms with E-state index in [1.807, 2.05) is 38.2 Å². The van der Waals surface area contributed by atoms with Gasteiger partial charge in [0.05, 0.1) is 15.9 Å². The summed E-state index contributed by atoms with van der Waals surface area (Å²) in [6.45, 7) is 7.32. The first-order valence-corrected chi connectivity index (χ1v) is 7.09. The molecule has 2 rings (SSSR count). The van der Waals surface area contributed by atoms with E-state index in [9.17, 15) is 9.90 Å². The minimum atomic E-state index is -1.04. The van der Waals surface area contributed by atoms with Crippen LogP contribution < -0.4 is 0 Å². The molecule has 0 saturated carbocycles. The highest BCUT2D eigenvalue weighted by atomic mass is 79.9. The van der Waals surface area contributed by atoms with Crippen molar-refractivity contribution in [1.29, 1.82) is 0 Å². The molecule has 0 aliphatic rings. The summed E-state index contributed by atoms with van der Waals surface area (Å²) >= 11 is 3.41. The first-order valence-electron chi connectivity index (χ1n) is 6.30. The topological polar surface area (TPSA) is 55.1 Å². The number of hydrogen-bond acceptors (Lipinski definition) is 2. The maximum absolute atomic E-state index is 11.4. The molecule has 1 aromatic carbocycles. The number of halogens is 1. The molecule has 1 aromatic heterocycles. The van der Waals surface area contributed by atoms with Crippen LogP contribution in [0.15, 0.2) is 28.9 Å². The van der Waals surface area contributed by atoms with Crippen LogP contribution in [0.3, 0.4) is 0 Å². The number of carboxylic acid groups (broad SMARTS) is 1. The number of aromatic nitrogens is 2. The van der Waals surface area contributed by atoms with Gasteiger partial charge in [-0.2, -0.15) is 5.10 Å². The van der Waals surface area contributed by atoms with Crippen LogP contribution in [0.4, 0.5) is 0 Å². The predicted molar refractivity (Wildman–Crippen MR) is 81.4 cm³/mol. The van der Waals surface area contributed by atoms with Crippen LogP contribution in [0, 0.1) is 13.8 Å². The third-order valence-corrected chi connectivity index (χ3v) is 3.99. The van der Waals surface area contributed by atoms with E-state index in [0.29, 0.717) is 10.2 Å². The summed E-state index contributed by atoms with van der Waals surface area (Å²) in [6.07, 6.45) is 1.81. The van der Waals surface area contributed by atoms with Crippen LogP contribution in [-0.4, -0.2) is 20.9 Å². The number of hydrogen-bond donors (Lipinski definition) is 1. The summed E-state index contributed by atoms with van der Waals surface area (Å²) in [6, 6.07) is 6.11. The standard InChI is InChI=1S/C15H17BrN2O2/c1-9-5-6-10(2)12(7-9)18-8-11(16)13(17-18)15(3,4)14(19)20/h5-8H,1-4H3,(H,19,20). The summed E-state index contributed by atoms with van der Waals surface area (Å²) in [7, 11) is 0. The van der Waals surface area contributed by atoms with Gasteiger partial charge in [0.25, 0.3) is 0 Å². The van der Waals surface area contributed by atoms with E-state index in [1.165, 1.54) is 0 Å².